The first kappa shape index (κ1) is 11.8. The Hall–Kier alpha value is -1.65. The number of anilines is 1. The lowest BCUT2D eigenvalue weighted by Crippen LogP contribution is -2.25. The normalized spacial score (nSPS) is 19.4. The van der Waals surface area contributed by atoms with E-state index in [1.54, 1.807) is 0 Å². The summed E-state index contributed by atoms with van der Waals surface area (Å²) in [6.45, 7) is 3.53. The number of hydrogen-bond donors (Lipinski definition) is 0. The summed E-state index contributed by atoms with van der Waals surface area (Å²) < 4.78 is 4.75. The predicted octanol–water partition coefficient (Wildman–Crippen LogP) is 1.04. The number of carbonyl (C=O) groups is 1. The molecule has 1 unspecified atom stereocenters. The maximum atomic E-state index is 11.4. The summed E-state index contributed by atoms with van der Waals surface area (Å²) in [6.07, 6.45) is 5.43. The van der Waals surface area contributed by atoms with E-state index in [0.717, 1.165) is 24.9 Å². The molecule has 92 valence electrons. The quantitative estimate of drug-likeness (QED) is 0.733. The lowest BCUT2D eigenvalue weighted by molar-refractivity contribution is -0.144. The second-order valence-corrected chi connectivity index (χ2v) is 4.20. The number of ether oxygens (including phenoxy) is 1. The number of methoxy groups -OCH3 is 1. The highest BCUT2D eigenvalue weighted by molar-refractivity contribution is 5.73. The minimum absolute atomic E-state index is 0.0468. The molecule has 0 saturated carbocycles. The van der Waals surface area contributed by atoms with Crippen molar-refractivity contribution in [1.82, 2.24) is 9.97 Å². The van der Waals surface area contributed by atoms with Gasteiger partial charge >= 0.3 is 5.97 Å². The highest BCUT2D eigenvalue weighted by Crippen LogP contribution is 2.21. The van der Waals surface area contributed by atoms with Crippen LogP contribution in [0.2, 0.25) is 0 Å². The minimum Gasteiger partial charge on any atom is -0.469 e. The molecule has 1 aromatic heterocycles. The van der Waals surface area contributed by atoms with Crippen molar-refractivity contribution < 1.29 is 9.53 Å². The van der Waals surface area contributed by atoms with Gasteiger partial charge in [0.05, 0.1) is 13.0 Å². The number of hydrogen-bond acceptors (Lipinski definition) is 5. The summed E-state index contributed by atoms with van der Waals surface area (Å²) in [7, 11) is 1.43. The summed E-state index contributed by atoms with van der Waals surface area (Å²) in [5.41, 5.74) is 1.12. The van der Waals surface area contributed by atoms with Crippen LogP contribution in [-0.4, -0.2) is 36.1 Å². The van der Waals surface area contributed by atoms with Crippen molar-refractivity contribution in [1.29, 1.82) is 0 Å². The van der Waals surface area contributed by atoms with E-state index in [9.17, 15) is 4.79 Å². The van der Waals surface area contributed by atoms with Gasteiger partial charge in [0.15, 0.2) is 0 Å². The first-order valence-corrected chi connectivity index (χ1v) is 5.88. The van der Waals surface area contributed by atoms with Gasteiger partial charge in [-0.15, -0.1) is 0 Å². The zero-order valence-electron chi connectivity index (χ0n) is 10.2. The molecular formula is C12H17N3O2. The highest BCUT2D eigenvalue weighted by atomic mass is 16.5. The molecular weight excluding hydrogens is 218 g/mol. The van der Waals surface area contributed by atoms with Crippen molar-refractivity contribution >= 4 is 11.9 Å². The van der Waals surface area contributed by atoms with Gasteiger partial charge in [0.2, 0.25) is 5.95 Å². The maximum absolute atomic E-state index is 11.4. The Morgan fingerprint density at radius 1 is 1.53 bits per heavy atom. The minimum atomic E-state index is -0.141. The van der Waals surface area contributed by atoms with Crippen LogP contribution in [0.5, 0.6) is 0 Å². The van der Waals surface area contributed by atoms with Gasteiger partial charge in [-0.2, -0.15) is 0 Å². The first-order chi connectivity index (χ1) is 8.24. The third kappa shape index (κ3) is 2.54. The Labute approximate surface area is 101 Å². The summed E-state index contributed by atoms with van der Waals surface area (Å²) in [5, 5.41) is 0. The zero-order chi connectivity index (χ0) is 12.3. The van der Waals surface area contributed by atoms with Crippen LogP contribution in [0.15, 0.2) is 12.4 Å². The van der Waals surface area contributed by atoms with Crippen LogP contribution in [0.4, 0.5) is 5.95 Å². The molecule has 0 N–H and O–H groups in total. The molecule has 0 aromatic carbocycles. The molecule has 1 fully saturated rings. The zero-order valence-corrected chi connectivity index (χ0v) is 10.2. The van der Waals surface area contributed by atoms with E-state index in [-0.39, 0.29) is 11.9 Å². The molecule has 0 aliphatic carbocycles. The average Bonchev–Trinajstić information content (AvgIpc) is 2.87. The Morgan fingerprint density at radius 2 is 2.24 bits per heavy atom. The summed E-state index contributed by atoms with van der Waals surface area (Å²) in [4.78, 5) is 22.1. The molecule has 0 radical (unpaired) electrons. The third-order valence-corrected chi connectivity index (χ3v) is 3.11. The molecule has 1 aliphatic heterocycles. The maximum Gasteiger partial charge on any atom is 0.310 e. The fraction of sp³-hybridized carbons (Fsp3) is 0.583. The Balaban J connectivity index is 2.02. The summed E-state index contributed by atoms with van der Waals surface area (Å²) in [5.74, 6) is 0.515. The number of rotatable bonds is 3. The molecule has 5 heteroatoms. The molecule has 1 atom stereocenters. The van der Waals surface area contributed by atoms with Gasteiger partial charge in [-0.1, -0.05) is 6.92 Å². The van der Waals surface area contributed by atoms with E-state index in [1.807, 2.05) is 17.3 Å². The van der Waals surface area contributed by atoms with E-state index < -0.39 is 0 Å². The SMILES string of the molecule is CCc1cnc(N2CCC(C(=O)OC)C2)nc1. The van der Waals surface area contributed by atoms with E-state index in [2.05, 4.69) is 16.9 Å². The largest absolute Gasteiger partial charge is 0.469 e. The lowest BCUT2D eigenvalue weighted by Gasteiger charge is -2.15. The number of esters is 1. The van der Waals surface area contributed by atoms with Gasteiger partial charge in [-0.25, -0.2) is 9.97 Å². The van der Waals surface area contributed by atoms with Gasteiger partial charge in [-0.05, 0) is 18.4 Å². The predicted molar refractivity (Wildman–Crippen MR) is 63.7 cm³/mol. The summed E-state index contributed by atoms with van der Waals surface area (Å²) >= 11 is 0. The Bertz CT molecular complexity index is 391. The van der Waals surface area contributed by atoms with Crippen molar-refractivity contribution in [3.05, 3.63) is 18.0 Å². The van der Waals surface area contributed by atoms with Gasteiger partial charge < -0.3 is 9.64 Å². The Morgan fingerprint density at radius 3 is 2.82 bits per heavy atom. The third-order valence-electron chi connectivity index (χ3n) is 3.11. The van der Waals surface area contributed by atoms with Crippen LogP contribution in [0, 0.1) is 5.92 Å². The Kier molecular flexibility index (Phi) is 3.56. The molecule has 1 saturated heterocycles. The van der Waals surface area contributed by atoms with Crippen LogP contribution in [0.1, 0.15) is 18.9 Å². The summed E-state index contributed by atoms with van der Waals surface area (Å²) in [6, 6.07) is 0. The van der Waals surface area contributed by atoms with E-state index in [0.29, 0.717) is 12.5 Å². The number of carbonyl (C=O) groups excluding carboxylic acids is 1. The molecule has 0 bridgehead atoms. The molecule has 0 spiro atoms. The van der Waals surface area contributed by atoms with Crippen LogP contribution < -0.4 is 4.90 Å². The van der Waals surface area contributed by atoms with Gasteiger partial charge in [0, 0.05) is 25.5 Å². The smallest absolute Gasteiger partial charge is 0.310 e. The van der Waals surface area contributed by atoms with Gasteiger partial charge in [0.25, 0.3) is 0 Å². The number of aromatic nitrogens is 2. The molecule has 0 amide bonds. The highest BCUT2D eigenvalue weighted by Gasteiger charge is 2.30. The molecule has 2 heterocycles. The van der Waals surface area contributed by atoms with Crippen molar-refractivity contribution in [2.45, 2.75) is 19.8 Å². The first-order valence-electron chi connectivity index (χ1n) is 5.88. The van der Waals surface area contributed by atoms with Crippen LogP contribution in [0.3, 0.4) is 0 Å². The van der Waals surface area contributed by atoms with Crippen LogP contribution in [-0.2, 0) is 16.0 Å². The standard InChI is InChI=1S/C12H17N3O2/c1-3-9-6-13-12(14-7-9)15-5-4-10(8-15)11(16)17-2/h6-7,10H,3-5,8H2,1-2H3. The molecule has 5 nitrogen and oxygen atoms in total. The second kappa shape index (κ2) is 5.12. The van der Waals surface area contributed by atoms with Crippen molar-refractivity contribution in [2.24, 2.45) is 5.92 Å². The van der Waals surface area contributed by atoms with Crippen LogP contribution >= 0.6 is 0 Å². The molecule has 1 aliphatic rings. The average molecular weight is 235 g/mol. The van der Waals surface area contributed by atoms with E-state index in [1.165, 1.54) is 7.11 Å². The molecule has 17 heavy (non-hydrogen) atoms. The topological polar surface area (TPSA) is 55.3 Å². The second-order valence-electron chi connectivity index (χ2n) is 4.20. The monoisotopic (exact) mass is 235 g/mol. The van der Waals surface area contributed by atoms with Gasteiger partial charge in [0.1, 0.15) is 0 Å². The molecule has 2 rings (SSSR count). The van der Waals surface area contributed by atoms with Crippen LogP contribution in [0.25, 0.3) is 0 Å². The van der Waals surface area contributed by atoms with Crippen molar-refractivity contribution in [3.63, 3.8) is 0 Å². The van der Waals surface area contributed by atoms with Crippen molar-refractivity contribution in [2.75, 3.05) is 25.1 Å². The van der Waals surface area contributed by atoms with E-state index in [4.69, 9.17) is 4.74 Å². The van der Waals surface area contributed by atoms with E-state index >= 15 is 0 Å². The van der Waals surface area contributed by atoms with Gasteiger partial charge in [-0.3, -0.25) is 4.79 Å². The fourth-order valence-corrected chi connectivity index (χ4v) is 1.99. The number of aryl methyl sites for hydroxylation is 1. The fourth-order valence-electron chi connectivity index (χ4n) is 1.99. The van der Waals surface area contributed by atoms with Crippen molar-refractivity contribution in [3.8, 4) is 0 Å². The molecule has 1 aromatic rings. The lowest BCUT2D eigenvalue weighted by atomic mass is 10.1. The number of nitrogens with zero attached hydrogens (tertiary/aromatic N) is 3.